The molecule has 128 valence electrons. The number of halogens is 1. The highest BCUT2D eigenvalue weighted by Crippen LogP contribution is 2.23. The van der Waals surface area contributed by atoms with Gasteiger partial charge in [0, 0.05) is 31.3 Å². The van der Waals surface area contributed by atoms with E-state index >= 15 is 0 Å². The van der Waals surface area contributed by atoms with Crippen molar-refractivity contribution in [3.63, 3.8) is 0 Å². The van der Waals surface area contributed by atoms with Gasteiger partial charge in [0.2, 0.25) is 0 Å². The van der Waals surface area contributed by atoms with Gasteiger partial charge in [-0.25, -0.2) is 0 Å². The summed E-state index contributed by atoms with van der Waals surface area (Å²) in [5.74, 6) is 0.212. The van der Waals surface area contributed by atoms with Crippen LogP contribution in [0, 0.1) is 5.92 Å². The van der Waals surface area contributed by atoms with E-state index in [0.29, 0.717) is 23.6 Å². The summed E-state index contributed by atoms with van der Waals surface area (Å²) in [6.45, 7) is 0.612. The molecule has 1 aliphatic carbocycles. The fourth-order valence-electron chi connectivity index (χ4n) is 2.95. The van der Waals surface area contributed by atoms with Gasteiger partial charge in [-0.1, -0.05) is 12.8 Å². The van der Waals surface area contributed by atoms with Gasteiger partial charge >= 0.3 is 0 Å². The Hall–Kier alpha value is -1.59. The smallest absolute Gasteiger partial charge is 0.253 e. The lowest BCUT2D eigenvalue weighted by atomic mass is 9.84. The highest BCUT2D eigenvalue weighted by atomic mass is 35.5. The van der Waals surface area contributed by atoms with Crippen LogP contribution >= 0.6 is 12.4 Å². The lowest BCUT2D eigenvalue weighted by molar-refractivity contribution is 0.0826. The zero-order chi connectivity index (χ0) is 16.1. The van der Waals surface area contributed by atoms with E-state index in [-0.39, 0.29) is 30.3 Å². The summed E-state index contributed by atoms with van der Waals surface area (Å²) in [6.07, 6.45) is 4.40. The van der Waals surface area contributed by atoms with Crippen LogP contribution in [-0.4, -0.2) is 43.4 Å². The molecule has 1 saturated carbocycles. The van der Waals surface area contributed by atoms with Gasteiger partial charge in [0.1, 0.15) is 0 Å². The number of amides is 2. The van der Waals surface area contributed by atoms with Crippen LogP contribution in [-0.2, 0) is 0 Å². The van der Waals surface area contributed by atoms with E-state index in [2.05, 4.69) is 5.32 Å². The molecule has 0 aromatic heterocycles. The number of carbonyl (C=O) groups excluding carboxylic acids is 2. The molecular weight excluding hydrogens is 314 g/mol. The van der Waals surface area contributed by atoms with Gasteiger partial charge in [0.05, 0.1) is 0 Å². The number of nitrogens with one attached hydrogen (secondary N) is 1. The van der Waals surface area contributed by atoms with Gasteiger partial charge in [-0.2, -0.15) is 0 Å². The molecule has 2 unspecified atom stereocenters. The molecule has 1 fully saturated rings. The van der Waals surface area contributed by atoms with Crippen molar-refractivity contribution in [1.82, 2.24) is 10.2 Å². The van der Waals surface area contributed by atoms with Crippen molar-refractivity contribution in [3.05, 3.63) is 35.4 Å². The van der Waals surface area contributed by atoms with Crippen molar-refractivity contribution in [2.24, 2.45) is 11.7 Å². The molecule has 5 nitrogen and oxygen atoms in total. The molecule has 0 heterocycles. The zero-order valence-corrected chi connectivity index (χ0v) is 14.6. The quantitative estimate of drug-likeness (QED) is 0.881. The van der Waals surface area contributed by atoms with Gasteiger partial charge in [-0.05, 0) is 49.6 Å². The van der Waals surface area contributed by atoms with Gasteiger partial charge in [0.15, 0.2) is 0 Å². The van der Waals surface area contributed by atoms with Crippen LogP contribution in [0.3, 0.4) is 0 Å². The Labute approximate surface area is 144 Å². The number of nitrogens with two attached hydrogens (primary N) is 1. The molecule has 6 heteroatoms. The molecule has 0 spiro atoms. The summed E-state index contributed by atoms with van der Waals surface area (Å²) in [7, 11) is 3.41. The topological polar surface area (TPSA) is 75.4 Å². The Kier molecular flexibility index (Phi) is 7.52. The maximum absolute atomic E-state index is 12.3. The number of hydrogen-bond donors (Lipinski definition) is 2. The number of nitrogens with zero attached hydrogens (tertiary/aromatic N) is 1. The standard InChI is InChI=1S/C17H25N3O2.ClH/c1-20(2)17(22)13-9-7-12(8-10-13)16(21)19-15-6-4-3-5-14(15)11-18;/h7-10,14-15H,3-6,11,18H2,1-2H3,(H,19,21);1H. The van der Waals surface area contributed by atoms with E-state index in [9.17, 15) is 9.59 Å². The molecule has 3 N–H and O–H groups in total. The van der Waals surface area contributed by atoms with Crippen LogP contribution in [0.1, 0.15) is 46.4 Å². The summed E-state index contributed by atoms with van der Waals surface area (Å²) in [6, 6.07) is 6.95. The summed E-state index contributed by atoms with van der Waals surface area (Å²) in [5.41, 5.74) is 6.96. The summed E-state index contributed by atoms with van der Waals surface area (Å²) < 4.78 is 0. The fourth-order valence-corrected chi connectivity index (χ4v) is 2.95. The molecule has 1 aromatic carbocycles. The Morgan fingerprint density at radius 1 is 1.13 bits per heavy atom. The molecule has 2 rings (SSSR count). The molecule has 1 aromatic rings. The number of benzene rings is 1. The highest BCUT2D eigenvalue weighted by molar-refractivity contribution is 5.97. The van der Waals surface area contributed by atoms with E-state index in [0.717, 1.165) is 19.3 Å². The van der Waals surface area contributed by atoms with Crippen LogP contribution in [0.2, 0.25) is 0 Å². The largest absolute Gasteiger partial charge is 0.349 e. The molecule has 2 amide bonds. The third-order valence-electron chi connectivity index (χ3n) is 4.33. The number of hydrogen-bond acceptors (Lipinski definition) is 3. The zero-order valence-electron chi connectivity index (χ0n) is 13.7. The van der Waals surface area contributed by atoms with Crippen molar-refractivity contribution < 1.29 is 9.59 Å². The summed E-state index contributed by atoms with van der Waals surface area (Å²) in [5, 5.41) is 3.09. The molecular formula is C17H26ClN3O2. The molecule has 0 saturated heterocycles. The van der Waals surface area contributed by atoms with Crippen LogP contribution < -0.4 is 11.1 Å². The van der Waals surface area contributed by atoms with Crippen LogP contribution in [0.15, 0.2) is 24.3 Å². The fraction of sp³-hybridized carbons (Fsp3) is 0.529. The molecule has 0 bridgehead atoms. The monoisotopic (exact) mass is 339 g/mol. The molecule has 2 atom stereocenters. The maximum atomic E-state index is 12.3. The first-order valence-electron chi connectivity index (χ1n) is 7.85. The third-order valence-corrected chi connectivity index (χ3v) is 4.33. The Morgan fingerprint density at radius 3 is 2.26 bits per heavy atom. The molecule has 23 heavy (non-hydrogen) atoms. The maximum Gasteiger partial charge on any atom is 0.253 e. The average molecular weight is 340 g/mol. The van der Waals surface area contributed by atoms with E-state index in [1.807, 2.05) is 0 Å². The van der Waals surface area contributed by atoms with Gasteiger partial charge < -0.3 is 16.0 Å². The molecule has 0 aliphatic heterocycles. The summed E-state index contributed by atoms with van der Waals surface area (Å²) in [4.78, 5) is 25.7. The van der Waals surface area contributed by atoms with Crippen LogP contribution in [0.4, 0.5) is 0 Å². The first kappa shape index (κ1) is 19.5. The van der Waals surface area contributed by atoms with Gasteiger partial charge in [0.25, 0.3) is 11.8 Å². The predicted molar refractivity (Wildman–Crippen MR) is 94.0 cm³/mol. The summed E-state index contributed by atoms with van der Waals surface area (Å²) >= 11 is 0. The Morgan fingerprint density at radius 2 is 1.70 bits per heavy atom. The third kappa shape index (κ3) is 4.94. The lowest BCUT2D eigenvalue weighted by Gasteiger charge is -2.31. The van der Waals surface area contributed by atoms with Crippen molar-refractivity contribution in [3.8, 4) is 0 Å². The van der Waals surface area contributed by atoms with Crippen LogP contribution in [0.25, 0.3) is 0 Å². The molecule has 0 radical (unpaired) electrons. The second-order valence-electron chi connectivity index (χ2n) is 6.14. The molecule has 1 aliphatic rings. The van der Waals surface area contributed by atoms with Crippen molar-refractivity contribution >= 4 is 24.2 Å². The SMILES string of the molecule is CN(C)C(=O)c1ccc(C(=O)NC2CCCCC2CN)cc1.Cl. The predicted octanol–water partition coefficient (Wildman–Crippen LogP) is 2.06. The van der Waals surface area contributed by atoms with Crippen molar-refractivity contribution in [2.75, 3.05) is 20.6 Å². The van der Waals surface area contributed by atoms with E-state index in [1.54, 1.807) is 38.4 Å². The van der Waals surface area contributed by atoms with Crippen LogP contribution in [0.5, 0.6) is 0 Å². The number of carbonyl (C=O) groups is 2. The number of rotatable bonds is 4. The lowest BCUT2D eigenvalue weighted by Crippen LogP contribution is -2.44. The first-order valence-corrected chi connectivity index (χ1v) is 7.85. The van der Waals surface area contributed by atoms with Crippen molar-refractivity contribution in [2.45, 2.75) is 31.7 Å². The minimum absolute atomic E-state index is 0. The van der Waals surface area contributed by atoms with Gasteiger partial charge in [-0.3, -0.25) is 9.59 Å². The average Bonchev–Trinajstić information content (AvgIpc) is 2.54. The van der Waals surface area contributed by atoms with Crippen molar-refractivity contribution in [1.29, 1.82) is 0 Å². The second-order valence-corrected chi connectivity index (χ2v) is 6.14. The minimum atomic E-state index is -0.0887. The highest BCUT2D eigenvalue weighted by Gasteiger charge is 2.25. The van der Waals surface area contributed by atoms with E-state index < -0.39 is 0 Å². The first-order chi connectivity index (χ1) is 10.5. The van der Waals surface area contributed by atoms with Gasteiger partial charge in [-0.15, -0.1) is 12.4 Å². The Balaban J connectivity index is 0.00000264. The Bertz CT molecular complexity index is 531. The van der Waals surface area contributed by atoms with E-state index in [4.69, 9.17) is 5.73 Å². The second kappa shape index (κ2) is 8.89. The van der Waals surface area contributed by atoms with E-state index in [1.165, 1.54) is 11.3 Å². The minimum Gasteiger partial charge on any atom is -0.349 e. The normalized spacial score (nSPS) is 20.3.